The number of benzene rings is 1. The Morgan fingerprint density at radius 2 is 2.10 bits per heavy atom. The number of halogens is 2. The van der Waals surface area contributed by atoms with E-state index in [2.05, 4.69) is 6.07 Å². The Bertz CT molecular complexity index is 691. The molecule has 0 aliphatic rings. The molecule has 0 atom stereocenters. The second kappa shape index (κ2) is 7.58. The summed E-state index contributed by atoms with van der Waals surface area (Å²) in [5, 5.41) is 17.8. The first kappa shape index (κ1) is 16.0. The molecule has 0 spiro atoms. The van der Waals surface area contributed by atoms with Crippen LogP contribution in [0.4, 0.5) is 0 Å². The third-order valence-corrected chi connectivity index (χ3v) is 4.46. The van der Waals surface area contributed by atoms with E-state index in [-0.39, 0.29) is 6.61 Å². The zero-order valence-electron chi connectivity index (χ0n) is 11.0. The first-order chi connectivity index (χ1) is 10.1. The highest BCUT2D eigenvalue weighted by Gasteiger charge is 2.07. The Labute approximate surface area is 137 Å². The number of ether oxygens (including phenoxy) is 1. The first-order valence-electron chi connectivity index (χ1n) is 6.15. The average Bonchev–Trinajstić information content (AvgIpc) is 2.90. The van der Waals surface area contributed by atoms with Gasteiger partial charge in [0, 0.05) is 14.9 Å². The molecule has 0 bridgehead atoms. The van der Waals surface area contributed by atoms with E-state index in [1.54, 1.807) is 12.1 Å². The number of nitriles is 1. The summed E-state index contributed by atoms with van der Waals surface area (Å²) in [5.41, 5.74) is 1.24. The molecule has 0 fully saturated rings. The third-order valence-electron chi connectivity index (χ3n) is 2.73. The van der Waals surface area contributed by atoms with Gasteiger partial charge in [0.15, 0.2) is 0 Å². The van der Waals surface area contributed by atoms with Crippen molar-refractivity contribution in [2.45, 2.75) is 13.0 Å². The van der Waals surface area contributed by atoms with Gasteiger partial charge in [0.2, 0.25) is 0 Å². The summed E-state index contributed by atoms with van der Waals surface area (Å²) >= 11 is 13.3. The SMILES string of the molecule is N#CCc1ccc(C(=N)COCc2ccc(Cl)cc2Cl)s1. The molecule has 1 aromatic carbocycles. The van der Waals surface area contributed by atoms with Crippen molar-refractivity contribution in [1.82, 2.24) is 0 Å². The molecule has 3 nitrogen and oxygen atoms in total. The lowest BCUT2D eigenvalue weighted by Crippen LogP contribution is -2.07. The van der Waals surface area contributed by atoms with Gasteiger partial charge in [-0.05, 0) is 29.8 Å². The van der Waals surface area contributed by atoms with E-state index >= 15 is 0 Å². The maximum atomic E-state index is 8.64. The molecular weight excluding hydrogens is 327 g/mol. The minimum absolute atomic E-state index is 0.200. The Balaban J connectivity index is 1.87. The highest BCUT2D eigenvalue weighted by Crippen LogP contribution is 2.22. The molecule has 21 heavy (non-hydrogen) atoms. The number of rotatable bonds is 6. The quantitative estimate of drug-likeness (QED) is 0.775. The van der Waals surface area contributed by atoms with Gasteiger partial charge < -0.3 is 10.1 Å². The number of hydrogen-bond acceptors (Lipinski definition) is 4. The molecule has 1 heterocycles. The summed E-state index contributed by atoms with van der Waals surface area (Å²) in [5.74, 6) is 0. The van der Waals surface area contributed by atoms with E-state index in [0.29, 0.717) is 28.8 Å². The van der Waals surface area contributed by atoms with Crippen LogP contribution in [-0.4, -0.2) is 12.3 Å². The zero-order valence-corrected chi connectivity index (χ0v) is 13.4. The lowest BCUT2D eigenvalue weighted by atomic mass is 10.2. The van der Waals surface area contributed by atoms with Crippen LogP contribution in [0.15, 0.2) is 30.3 Å². The van der Waals surface area contributed by atoms with E-state index < -0.39 is 0 Å². The minimum atomic E-state index is 0.200. The second-order valence-electron chi connectivity index (χ2n) is 4.31. The van der Waals surface area contributed by atoms with Crippen LogP contribution < -0.4 is 0 Å². The Kier molecular flexibility index (Phi) is 5.77. The van der Waals surface area contributed by atoms with Crippen LogP contribution in [0.1, 0.15) is 15.3 Å². The van der Waals surface area contributed by atoms with E-state index in [4.69, 9.17) is 38.6 Å². The topological polar surface area (TPSA) is 56.9 Å². The van der Waals surface area contributed by atoms with Crippen LogP contribution in [0.25, 0.3) is 0 Å². The molecule has 1 N–H and O–H groups in total. The van der Waals surface area contributed by atoms with Crippen LogP contribution in [0.3, 0.4) is 0 Å². The van der Waals surface area contributed by atoms with Gasteiger partial charge in [-0.25, -0.2) is 0 Å². The summed E-state index contributed by atoms with van der Waals surface area (Å²) in [6.07, 6.45) is 0.374. The molecule has 0 amide bonds. The summed E-state index contributed by atoms with van der Waals surface area (Å²) < 4.78 is 5.52. The van der Waals surface area contributed by atoms with Crippen LogP contribution in [0, 0.1) is 16.7 Å². The Hall–Kier alpha value is -1.38. The fourth-order valence-corrected chi connectivity index (χ4v) is 3.02. The lowest BCUT2D eigenvalue weighted by Gasteiger charge is -2.06. The van der Waals surface area contributed by atoms with Crippen molar-refractivity contribution >= 4 is 40.3 Å². The van der Waals surface area contributed by atoms with E-state index in [1.165, 1.54) is 11.3 Å². The smallest absolute Gasteiger partial charge is 0.0899 e. The largest absolute Gasteiger partial charge is 0.370 e. The summed E-state index contributed by atoms with van der Waals surface area (Å²) in [6, 6.07) is 11.0. The molecule has 1 aromatic heterocycles. The molecule has 0 unspecified atom stereocenters. The Morgan fingerprint density at radius 1 is 1.29 bits per heavy atom. The van der Waals surface area contributed by atoms with Gasteiger partial charge in [0.1, 0.15) is 0 Å². The predicted molar refractivity (Wildman–Crippen MR) is 86.6 cm³/mol. The molecule has 108 valence electrons. The Morgan fingerprint density at radius 3 is 2.81 bits per heavy atom. The number of nitrogens with one attached hydrogen (secondary N) is 1. The standard InChI is InChI=1S/C15H12Cl2N2OS/c16-11-2-1-10(13(17)7-11)8-20-9-14(19)15-4-3-12(21-15)5-6-18/h1-4,7,19H,5,8-9H2. The molecule has 2 rings (SSSR count). The van der Waals surface area contributed by atoms with E-state index in [0.717, 1.165) is 15.3 Å². The maximum absolute atomic E-state index is 8.64. The summed E-state index contributed by atoms with van der Waals surface area (Å²) in [4.78, 5) is 1.78. The highest BCUT2D eigenvalue weighted by atomic mass is 35.5. The molecule has 0 saturated carbocycles. The van der Waals surface area contributed by atoms with Gasteiger partial charge in [-0.3, -0.25) is 0 Å². The fourth-order valence-electron chi connectivity index (χ4n) is 1.69. The van der Waals surface area contributed by atoms with E-state index in [1.807, 2.05) is 18.2 Å². The monoisotopic (exact) mass is 338 g/mol. The van der Waals surface area contributed by atoms with Gasteiger partial charge in [-0.1, -0.05) is 29.3 Å². The van der Waals surface area contributed by atoms with Crippen molar-refractivity contribution in [3.63, 3.8) is 0 Å². The van der Waals surface area contributed by atoms with Crippen LogP contribution in [0.5, 0.6) is 0 Å². The molecule has 2 aromatic rings. The maximum Gasteiger partial charge on any atom is 0.0899 e. The average molecular weight is 339 g/mol. The van der Waals surface area contributed by atoms with Crippen LogP contribution in [-0.2, 0) is 17.8 Å². The minimum Gasteiger partial charge on any atom is -0.370 e. The van der Waals surface area contributed by atoms with Crippen molar-refractivity contribution in [2.24, 2.45) is 0 Å². The molecule has 0 radical (unpaired) electrons. The molecule has 0 saturated heterocycles. The number of nitrogens with zero attached hydrogens (tertiary/aromatic N) is 1. The summed E-state index contributed by atoms with van der Waals surface area (Å²) in [7, 11) is 0. The molecule has 6 heteroatoms. The zero-order chi connectivity index (χ0) is 15.2. The highest BCUT2D eigenvalue weighted by molar-refractivity contribution is 7.14. The van der Waals surface area contributed by atoms with Gasteiger partial charge in [0.25, 0.3) is 0 Å². The molecule has 0 aliphatic heterocycles. The van der Waals surface area contributed by atoms with Crippen molar-refractivity contribution in [3.05, 3.63) is 55.7 Å². The second-order valence-corrected chi connectivity index (χ2v) is 6.32. The normalized spacial score (nSPS) is 10.3. The van der Waals surface area contributed by atoms with Crippen LogP contribution in [0.2, 0.25) is 10.0 Å². The van der Waals surface area contributed by atoms with Crippen LogP contribution >= 0.6 is 34.5 Å². The fraction of sp³-hybridized carbons (Fsp3) is 0.200. The lowest BCUT2D eigenvalue weighted by molar-refractivity contribution is 0.158. The van der Waals surface area contributed by atoms with Gasteiger partial charge in [-0.15, -0.1) is 11.3 Å². The third kappa shape index (κ3) is 4.55. The number of hydrogen-bond donors (Lipinski definition) is 1. The van der Waals surface area contributed by atoms with Crippen molar-refractivity contribution in [1.29, 1.82) is 10.7 Å². The van der Waals surface area contributed by atoms with Crippen molar-refractivity contribution in [2.75, 3.05) is 6.61 Å². The van der Waals surface area contributed by atoms with Gasteiger partial charge in [-0.2, -0.15) is 5.26 Å². The summed E-state index contributed by atoms with van der Waals surface area (Å²) in [6.45, 7) is 0.528. The van der Waals surface area contributed by atoms with E-state index in [9.17, 15) is 0 Å². The first-order valence-corrected chi connectivity index (χ1v) is 7.72. The molecular formula is C15H12Cl2N2OS. The number of thiophene rings is 1. The van der Waals surface area contributed by atoms with Crippen molar-refractivity contribution in [3.8, 4) is 6.07 Å². The van der Waals surface area contributed by atoms with Gasteiger partial charge >= 0.3 is 0 Å². The van der Waals surface area contributed by atoms with Crippen molar-refractivity contribution < 1.29 is 4.74 Å². The molecule has 0 aliphatic carbocycles. The predicted octanol–water partition coefficient (Wildman–Crippen LogP) is 4.71. The van der Waals surface area contributed by atoms with Gasteiger partial charge in [0.05, 0.1) is 36.3 Å².